The van der Waals surface area contributed by atoms with Gasteiger partial charge in [-0.2, -0.15) is 0 Å². The van der Waals surface area contributed by atoms with Crippen LogP contribution in [-0.2, 0) is 0 Å². The van der Waals surface area contributed by atoms with Gasteiger partial charge in [-0.25, -0.2) is 9.97 Å². The molecule has 5 nitrogen and oxygen atoms in total. The lowest BCUT2D eigenvalue weighted by atomic mass is 10.1. The van der Waals surface area contributed by atoms with Crippen LogP contribution >= 0.6 is 11.6 Å². The monoisotopic (exact) mass is 367 g/mol. The molecule has 0 radical (unpaired) electrons. The van der Waals surface area contributed by atoms with Gasteiger partial charge in [-0.3, -0.25) is 0 Å². The van der Waals surface area contributed by atoms with Gasteiger partial charge in [-0.05, 0) is 42.8 Å². The van der Waals surface area contributed by atoms with Crippen molar-refractivity contribution in [3.8, 4) is 35.1 Å². The van der Waals surface area contributed by atoms with Crippen molar-refractivity contribution in [3.63, 3.8) is 0 Å². The van der Waals surface area contributed by atoms with Crippen LogP contribution in [0, 0.1) is 12.3 Å². The maximum Gasteiger partial charge on any atom is 0.221 e. The number of rotatable bonds is 6. The molecule has 1 aromatic heterocycles. The number of halogens is 1. The van der Waals surface area contributed by atoms with Crippen molar-refractivity contribution in [3.05, 3.63) is 41.4 Å². The van der Waals surface area contributed by atoms with E-state index in [4.69, 9.17) is 33.2 Å². The highest BCUT2D eigenvalue weighted by Crippen LogP contribution is 2.35. The van der Waals surface area contributed by atoms with Gasteiger partial charge in [0.15, 0.2) is 11.5 Å². The van der Waals surface area contributed by atoms with Crippen molar-refractivity contribution in [2.75, 3.05) is 19.5 Å². The number of hydrogen-bond acceptors (Lipinski definition) is 5. The van der Waals surface area contributed by atoms with Crippen LogP contribution < -0.4 is 15.2 Å². The molecule has 2 aromatic carbocycles. The summed E-state index contributed by atoms with van der Waals surface area (Å²) in [6, 6.07) is 11.0. The lowest BCUT2D eigenvalue weighted by Gasteiger charge is -2.13. The van der Waals surface area contributed by atoms with Crippen molar-refractivity contribution < 1.29 is 9.47 Å². The molecule has 3 aromatic rings. The fourth-order valence-electron chi connectivity index (χ4n) is 2.63. The smallest absolute Gasteiger partial charge is 0.221 e. The molecule has 0 aliphatic carbocycles. The Balaban J connectivity index is 2.05. The molecule has 0 saturated carbocycles. The summed E-state index contributed by atoms with van der Waals surface area (Å²) in [6.07, 6.45) is 6.70. The van der Waals surface area contributed by atoms with E-state index in [1.165, 1.54) is 0 Å². The first-order valence-corrected chi connectivity index (χ1v) is 8.47. The van der Waals surface area contributed by atoms with E-state index >= 15 is 0 Å². The molecule has 26 heavy (non-hydrogen) atoms. The molecule has 132 valence electrons. The summed E-state index contributed by atoms with van der Waals surface area (Å²) in [5.41, 5.74) is 8.12. The number of nitrogens with zero attached hydrogens (tertiary/aromatic N) is 2. The van der Waals surface area contributed by atoms with Crippen LogP contribution in [0.5, 0.6) is 11.5 Å². The van der Waals surface area contributed by atoms with E-state index in [2.05, 4.69) is 15.9 Å². The number of fused-ring (bicyclic) bond motifs is 1. The summed E-state index contributed by atoms with van der Waals surface area (Å²) in [4.78, 5) is 8.67. The van der Waals surface area contributed by atoms with E-state index in [1.54, 1.807) is 13.2 Å². The normalized spacial score (nSPS) is 10.5. The Kier molecular flexibility index (Phi) is 5.45. The van der Waals surface area contributed by atoms with Gasteiger partial charge in [0, 0.05) is 22.4 Å². The van der Waals surface area contributed by atoms with E-state index in [0.717, 1.165) is 22.9 Å². The summed E-state index contributed by atoms with van der Waals surface area (Å²) in [5.74, 6) is 4.05. The molecule has 6 heteroatoms. The lowest BCUT2D eigenvalue weighted by molar-refractivity contribution is 0.291. The van der Waals surface area contributed by atoms with Crippen LogP contribution in [0.4, 0.5) is 5.95 Å². The van der Waals surface area contributed by atoms with Crippen molar-refractivity contribution in [1.29, 1.82) is 0 Å². The van der Waals surface area contributed by atoms with Crippen molar-refractivity contribution >= 4 is 28.5 Å². The number of unbranched alkanes of at least 4 members (excludes halogenated alkanes) is 1. The predicted octanol–water partition coefficient (Wildman–Crippen LogP) is 4.33. The molecule has 0 unspecified atom stereocenters. The summed E-state index contributed by atoms with van der Waals surface area (Å²) in [7, 11) is 1.60. The molecule has 0 aliphatic rings. The number of aromatic nitrogens is 2. The molecule has 0 fully saturated rings. The summed E-state index contributed by atoms with van der Waals surface area (Å²) < 4.78 is 11.2. The number of methoxy groups -OCH3 is 1. The van der Waals surface area contributed by atoms with Crippen LogP contribution in [0.1, 0.15) is 12.8 Å². The second kappa shape index (κ2) is 7.94. The Morgan fingerprint density at radius 2 is 2.00 bits per heavy atom. The lowest BCUT2D eigenvalue weighted by Crippen LogP contribution is -2.01. The van der Waals surface area contributed by atoms with E-state index in [1.807, 2.05) is 30.3 Å². The van der Waals surface area contributed by atoms with Crippen LogP contribution in [0.15, 0.2) is 36.4 Å². The highest BCUT2D eigenvalue weighted by atomic mass is 35.5. The first-order chi connectivity index (χ1) is 12.6. The van der Waals surface area contributed by atoms with Gasteiger partial charge in [0.05, 0.1) is 24.9 Å². The Hall–Kier alpha value is -2.97. The summed E-state index contributed by atoms with van der Waals surface area (Å²) in [6.45, 7) is 0.502. The standard InChI is InChI=1S/C20H18ClN3O2/c1-3-4-5-10-26-18-11-13(6-9-17(18)25-2)19-15-12-14(21)7-8-16(15)23-20(22)24-19/h1,6-9,11-12H,4-5,10H2,2H3,(H2,22,23,24). The zero-order valence-electron chi connectivity index (χ0n) is 14.3. The molecule has 0 saturated heterocycles. The largest absolute Gasteiger partial charge is 0.493 e. The van der Waals surface area contributed by atoms with Crippen LogP contribution in [-0.4, -0.2) is 23.7 Å². The summed E-state index contributed by atoms with van der Waals surface area (Å²) in [5, 5.41) is 1.42. The van der Waals surface area contributed by atoms with E-state index in [9.17, 15) is 0 Å². The molecule has 0 aliphatic heterocycles. The third kappa shape index (κ3) is 3.81. The summed E-state index contributed by atoms with van der Waals surface area (Å²) >= 11 is 6.15. The zero-order valence-corrected chi connectivity index (χ0v) is 15.1. The second-order valence-corrected chi connectivity index (χ2v) is 6.05. The minimum Gasteiger partial charge on any atom is -0.493 e. The van der Waals surface area contributed by atoms with Crippen LogP contribution in [0.2, 0.25) is 5.02 Å². The first kappa shape index (κ1) is 17.8. The minimum absolute atomic E-state index is 0.196. The highest BCUT2D eigenvalue weighted by Gasteiger charge is 2.13. The Morgan fingerprint density at radius 3 is 2.77 bits per heavy atom. The quantitative estimate of drug-likeness (QED) is 0.518. The van der Waals surface area contributed by atoms with Gasteiger partial charge in [0.1, 0.15) is 0 Å². The number of nitrogen functional groups attached to an aromatic ring is 1. The maximum absolute atomic E-state index is 6.15. The molecular weight excluding hydrogens is 350 g/mol. The molecule has 0 spiro atoms. The Labute approximate surface area is 157 Å². The van der Waals surface area contributed by atoms with E-state index in [0.29, 0.717) is 35.2 Å². The average Bonchev–Trinajstić information content (AvgIpc) is 2.65. The zero-order chi connectivity index (χ0) is 18.5. The molecule has 1 heterocycles. The molecule has 3 rings (SSSR count). The molecule has 0 amide bonds. The maximum atomic E-state index is 6.15. The highest BCUT2D eigenvalue weighted by molar-refractivity contribution is 6.31. The van der Waals surface area contributed by atoms with Crippen molar-refractivity contribution in [2.24, 2.45) is 0 Å². The number of benzene rings is 2. The van der Waals surface area contributed by atoms with E-state index < -0.39 is 0 Å². The Morgan fingerprint density at radius 1 is 1.15 bits per heavy atom. The average molecular weight is 368 g/mol. The molecule has 0 atom stereocenters. The van der Waals surface area contributed by atoms with Gasteiger partial charge < -0.3 is 15.2 Å². The SMILES string of the molecule is C#CCCCOc1cc(-c2nc(N)nc3ccc(Cl)cc23)ccc1OC. The molecule has 2 N–H and O–H groups in total. The number of hydrogen-bond donors (Lipinski definition) is 1. The molecule has 0 bridgehead atoms. The number of terminal acetylenes is 1. The van der Waals surface area contributed by atoms with Gasteiger partial charge in [0.2, 0.25) is 5.95 Å². The molecular formula is C20H18ClN3O2. The minimum atomic E-state index is 0.196. The van der Waals surface area contributed by atoms with Gasteiger partial charge >= 0.3 is 0 Å². The predicted molar refractivity (Wildman–Crippen MR) is 105 cm³/mol. The third-order valence-corrected chi connectivity index (χ3v) is 4.07. The van der Waals surface area contributed by atoms with Crippen LogP contribution in [0.3, 0.4) is 0 Å². The topological polar surface area (TPSA) is 70.3 Å². The fourth-order valence-corrected chi connectivity index (χ4v) is 2.80. The van der Waals surface area contributed by atoms with Crippen molar-refractivity contribution in [1.82, 2.24) is 9.97 Å². The van der Waals surface area contributed by atoms with Gasteiger partial charge in [-0.15, -0.1) is 12.3 Å². The second-order valence-electron chi connectivity index (χ2n) is 5.61. The first-order valence-electron chi connectivity index (χ1n) is 8.10. The van der Waals surface area contributed by atoms with Crippen LogP contribution in [0.25, 0.3) is 22.2 Å². The van der Waals surface area contributed by atoms with Gasteiger partial charge in [0.25, 0.3) is 0 Å². The number of anilines is 1. The van der Waals surface area contributed by atoms with Gasteiger partial charge in [-0.1, -0.05) is 11.6 Å². The fraction of sp³-hybridized carbons (Fsp3) is 0.200. The Bertz CT molecular complexity index is 983. The number of ether oxygens (including phenoxy) is 2. The van der Waals surface area contributed by atoms with E-state index in [-0.39, 0.29) is 5.95 Å². The van der Waals surface area contributed by atoms with Crippen molar-refractivity contribution in [2.45, 2.75) is 12.8 Å². The number of nitrogens with two attached hydrogens (primary N) is 1. The third-order valence-electron chi connectivity index (χ3n) is 3.84.